The first-order valence-electron chi connectivity index (χ1n) is 4.76. The van der Waals surface area contributed by atoms with E-state index in [0.717, 1.165) is 5.56 Å². The molecule has 0 aliphatic heterocycles. The van der Waals surface area contributed by atoms with Crippen LogP contribution in [0.4, 0.5) is 0 Å². The highest BCUT2D eigenvalue weighted by atomic mass is 16.5. The third-order valence-electron chi connectivity index (χ3n) is 1.93. The molecule has 0 bridgehead atoms. The first-order valence-corrected chi connectivity index (χ1v) is 4.76. The van der Waals surface area contributed by atoms with Crippen LogP contribution in [0.5, 0.6) is 5.75 Å². The maximum absolute atomic E-state index is 9.43. The van der Waals surface area contributed by atoms with Crippen molar-refractivity contribution in [2.75, 3.05) is 13.2 Å². The van der Waals surface area contributed by atoms with Crippen molar-refractivity contribution in [1.29, 1.82) is 0 Å². The van der Waals surface area contributed by atoms with Gasteiger partial charge in [-0.1, -0.05) is 18.2 Å². The van der Waals surface area contributed by atoms with Crippen LogP contribution in [0, 0.1) is 0 Å². The molecule has 2 N–H and O–H groups in total. The zero-order valence-corrected chi connectivity index (χ0v) is 8.31. The van der Waals surface area contributed by atoms with Crippen molar-refractivity contribution in [1.82, 2.24) is 0 Å². The fourth-order valence-electron chi connectivity index (χ4n) is 1.20. The molecule has 0 amide bonds. The number of hydrogen-bond acceptors (Lipinski definition) is 3. The minimum Gasteiger partial charge on any atom is -0.493 e. The molecule has 1 rings (SSSR count). The topological polar surface area (TPSA) is 49.7 Å². The highest BCUT2D eigenvalue weighted by Gasteiger charge is 2.07. The Labute approximate surface area is 84.0 Å². The van der Waals surface area contributed by atoms with Gasteiger partial charge in [-0.2, -0.15) is 0 Å². The van der Waals surface area contributed by atoms with Gasteiger partial charge in [0.15, 0.2) is 0 Å². The van der Waals surface area contributed by atoms with Gasteiger partial charge in [0.2, 0.25) is 0 Å². The van der Waals surface area contributed by atoms with Gasteiger partial charge in [0.25, 0.3) is 0 Å². The molecule has 1 aromatic rings. The van der Waals surface area contributed by atoms with Gasteiger partial charge in [-0.3, -0.25) is 0 Å². The molecular weight excluding hydrogens is 180 g/mol. The second-order valence-electron chi connectivity index (χ2n) is 3.14. The molecule has 0 aliphatic carbocycles. The van der Waals surface area contributed by atoms with Crippen LogP contribution in [0.15, 0.2) is 24.3 Å². The van der Waals surface area contributed by atoms with E-state index in [9.17, 15) is 5.11 Å². The maximum atomic E-state index is 9.43. The van der Waals surface area contributed by atoms with Crippen LogP contribution in [0.1, 0.15) is 25.0 Å². The molecule has 78 valence electrons. The average molecular weight is 196 g/mol. The van der Waals surface area contributed by atoms with Gasteiger partial charge in [0.1, 0.15) is 5.75 Å². The molecule has 0 heterocycles. The summed E-state index contributed by atoms with van der Waals surface area (Å²) in [5.74, 6) is 0.691. The van der Waals surface area contributed by atoms with Crippen molar-refractivity contribution >= 4 is 0 Å². The lowest BCUT2D eigenvalue weighted by molar-refractivity contribution is 0.187. The van der Waals surface area contributed by atoms with E-state index in [1.54, 1.807) is 6.92 Å². The number of para-hydroxylation sites is 1. The Hall–Kier alpha value is -1.06. The van der Waals surface area contributed by atoms with E-state index in [1.165, 1.54) is 0 Å². The molecule has 0 saturated heterocycles. The number of benzene rings is 1. The number of aliphatic hydroxyl groups excluding tert-OH is 2. The minimum atomic E-state index is -0.527. The summed E-state index contributed by atoms with van der Waals surface area (Å²) in [6, 6.07) is 7.37. The zero-order chi connectivity index (χ0) is 10.4. The average Bonchev–Trinajstić information content (AvgIpc) is 2.19. The Kier molecular flexibility index (Phi) is 4.43. The standard InChI is InChI=1S/C11H16O3/c1-9(13)10-5-2-3-6-11(10)14-8-4-7-12/h2-3,5-6,9,12-13H,4,7-8H2,1H3. The van der Waals surface area contributed by atoms with Crippen molar-refractivity contribution in [3.63, 3.8) is 0 Å². The summed E-state index contributed by atoms with van der Waals surface area (Å²) in [6.07, 6.45) is 0.0778. The highest BCUT2D eigenvalue weighted by Crippen LogP contribution is 2.24. The summed E-state index contributed by atoms with van der Waals surface area (Å²) < 4.78 is 5.42. The summed E-state index contributed by atoms with van der Waals surface area (Å²) >= 11 is 0. The molecule has 1 atom stereocenters. The summed E-state index contributed by atoms with van der Waals surface area (Å²) in [5, 5.41) is 18.0. The van der Waals surface area contributed by atoms with E-state index in [4.69, 9.17) is 9.84 Å². The molecule has 3 heteroatoms. The Morgan fingerprint density at radius 2 is 2.07 bits per heavy atom. The van der Waals surface area contributed by atoms with Crippen molar-refractivity contribution < 1.29 is 14.9 Å². The van der Waals surface area contributed by atoms with E-state index in [-0.39, 0.29) is 6.61 Å². The first kappa shape index (κ1) is 11.0. The molecule has 1 unspecified atom stereocenters. The van der Waals surface area contributed by atoms with Gasteiger partial charge < -0.3 is 14.9 Å². The fraction of sp³-hybridized carbons (Fsp3) is 0.455. The Bertz CT molecular complexity index is 271. The molecule has 14 heavy (non-hydrogen) atoms. The van der Waals surface area contributed by atoms with Crippen molar-refractivity contribution in [2.24, 2.45) is 0 Å². The molecule has 0 aliphatic rings. The first-order chi connectivity index (χ1) is 6.75. The SMILES string of the molecule is CC(O)c1ccccc1OCCCO. The van der Waals surface area contributed by atoms with E-state index in [2.05, 4.69) is 0 Å². The molecule has 0 aromatic heterocycles. The van der Waals surface area contributed by atoms with Crippen LogP contribution in [0.3, 0.4) is 0 Å². The molecule has 0 saturated carbocycles. The van der Waals surface area contributed by atoms with Crippen LogP contribution in [0.2, 0.25) is 0 Å². The third kappa shape index (κ3) is 3.01. The lowest BCUT2D eigenvalue weighted by Gasteiger charge is -2.12. The summed E-state index contributed by atoms with van der Waals surface area (Å²) in [7, 11) is 0. The zero-order valence-electron chi connectivity index (χ0n) is 8.31. The van der Waals surface area contributed by atoms with Gasteiger partial charge >= 0.3 is 0 Å². The van der Waals surface area contributed by atoms with E-state index < -0.39 is 6.10 Å². The van der Waals surface area contributed by atoms with Crippen molar-refractivity contribution in [3.8, 4) is 5.75 Å². The van der Waals surface area contributed by atoms with Crippen LogP contribution in [-0.4, -0.2) is 23.4 Å². The summed E-state index contributed by atoms with van der Waals surface area (Å²) in [6.45, 7) is 2.30. The van der Waals surface area contributed by atoms with Gasteiger partial charge in [-0.25, -0.2) is 0 Å². The second-order valence-corrected chi connectivity index (χ2v) is 3.14. The van der Waals surface area contributed by atoms with Gasteiger partial charge in [0, 0.05) is 18.6 Å². The largest absolute Gasteiger partial charge is 0.493 e. The Morgan fingerprint density at radius 1 is 1.36 bits per heavy atom. The third-order valence-corrected chi connectivity index (χ3v) is 1.93. The van der Waals surface area contributed by atoms with Crippen molar-refractivity contribution in [3.05, 3.63) is 29.8 Å². The smallest absolute Gasteiger partial charge is 0.125 e. The quantitative estimate of drug-likeness (QED) is 0.702. The Morgan fingerprint density at radius 3 is 2.71 bits per heavy atom. The number of rotatable bonds is 5. The van der Waals surface area contributed by atoms with Gasteiger partial charge in [-0.15, -0.1) is 0 Å². The molecule has 0 radical (unpaired) electrons. The number of ether oxygens (including phenoxy) is 1. The molecule has 0 fully saturated rings. The van der Waals surface area contributed by atoms with Crippen molar-refractivity contribution in [2.45, 2.75) is 19.4 Å². The van der Waals surface area contributed by atoms with Crippen LogP contribution in [0.25, 0.3) is 0 Å². The predicted octanol–water partition coefficient (Wildman–Crippen LogP) is 1.50. The fourth-order valence-corrected chi connectivity index (χ4v) is 1.20. The molecular formula is C11H16O3. The van der Waals surface area contributed by atoms with Gasteiger partial charge in [-0.05, 0) is 13.0 Å². The lowest BCUT2D eigenvalue weighted by atomic mass is 10.1. The van der Waals surface area contributed by atoms with E-state index in [1.807, 2.05) is 24.3 Å². The van der Waals surface area contributed by atoms with Gasteiger partial charge in [0.05, 0.1) is 12.7 Å². The molecule has 0 spiro atoms. The monoisotopic (exact) mass is 196 g/mol. The normalized spacial score (nSPS) is 12.5. The summed E-state index contributed by atoms with van der Waals surface area (Å²) in [4.78, 5) is 0. The van der Waals surface area contributed by atoms with Crippen LogP contribution in [-0.2, 0) is 0 Å². The summed E-state index contributed by atoms with van der Waals surface area (Å²) in [5.41, 5.74) is 0.783. The molecule has 1 aromatic carbocycles. The van der Waals surface area contributed by atoms with Crippen LogP contribution < -0.4 is 4.74 Å². The number of aliphatic hydroxyl groups is 2. The van der Waals surface area contributed by atoms with Crippen LogP contribution >= 0.6 is 0 Å². The second kappa shape index (κ2) is 5.62. The predicted molar refractivity (Wildman–Crippen MR) is 54.3 cm³/mol. The number of hydrogen-bond donors (Lipinski definition) is 2. The van der Waals surface area contributed by atoms with E-state index >= 15 is 0 Å². The molecule has 3 nitrogen and oxygen atoms in total. The Balaban J connectivity index is 2.64. The maximum Gasteiger partial charge on any atom is 0.125 e. The highest BCUT2D eigenvalue weighted by molar-refractivity contribution is 5.34. The minimum absolute atomic E-state index is 0.122. The van der Waals surface area contributed by atoms with E-state index in [0.29, 0.717) is 18.8 Å². The lowest BCUT2D eigenvalue weighted by Crippen LogP contribution is -2.03.